The molecule has 0 fully saturated rings. The minimum Gasteiger partial charge on any atom is -0.480 e. The van der Waals surface area contributed by atoms with Gasteiger partial charge in [0.2, 0.25) is 5.91 Å². The van der Waals surface area contributed by atoms with E-state index in [0.717, 1.165) is 19.3 Å². The SMILES string of the molecule is CCCCCCCCCCCCCCC/C=C/CCC(=O)NCCCC[C@H](N)C(=O)O. The molecular weight excluding hydrogens is 388 g/mol. The van der Waals surface area contributed by atoms with Crippen molar-refractivity contribution in [1.29, 1.82) is 0 Å². The van der Waals surface area contributed by atoms with Gasteiger partial charge in [-0.05, 0) is 38.5 Å². The average Bonchev–Trinajstić information content (AvgIpc) is 2.75. The highest BCUT2D eigenvalue weighted by molar-refractivity contribution is 5.75. The number of carbonyl (C=O) groups excluding carboxylic acids is 1. The van der Waals surface area contributed by atoms with Crippen LogP contribution in [-0.2, 0) is 9.59 Å². The van der Waals surface area contributed by atoms with E-state index in [2.05, 4.69) is 24.4 Å². The summed E-state index contributed by atoms with van der Waals surface area (Å²) in [4.78, 5) is 22.3. The van der Waals surface area contributed by atoms with Gasteiger partial charge >= 0.3 is 5.97 Å². The van der Waals surface area contributed by atoms with Crippen molar-refractivity contribution in [2.75, 3.05) is 6.54 Å². The molecule has 1 amide bonds. The molecule has 0 saturated carbocycles. The van der Waals surface area contributed by atoms with Crippen LogP contribution in [0.25, 0.3) is 0 Å². The molecule has 31 heavy (non-hydrogen) atoms. The Labute approximate surface area is 191 Å². The third-order valence-electron chi connectivity index (χ3n) is 5.76. The fourth-order valence-corrected chi connectivity index (χ4v) is 3.66. The first kappa shape index (κ1) is 29.6. The van der Waals surface area contributed by atoms with E-state index in [0.29, 0.717) is 25.8 Å². The van der Waals surface area contributed by atoms with Gasteiger partial charge in [0, 0.05) is 13.0 Å². The number of carboxylic acids is 1. The van der Waals surface area contributed by atoms with E-state index < -0.39 is 12.0 Å². The summed E-state index contributed by atoms with van der Waals surface area (Å²) < 4.78 is 0. The van der Waals surface area contributed by atoms with Gasteiger partial charge < -0.3 is 16.2 Å². The molecule has 182 valence electrons. The molecule has 0 unspecified atom stereocenters. The van der Waals surface area contributed by atoms with E-state index in [4.69, 9.17) is 10.8 Å². The summed E-state index contributed by atoms with van der Waals surface area (Å²) in [7, 11) is 0. The van der Waals surface area contributed by atoms with Crippen LogP contribution in [0.3, 0.4) is 0 Å². The van der Waals surface area contributed by atoms with Crippen LogP contribution in [0.1, 0.15) is 129 Å². The van der Waals surface area contributed by atoms with Crippen molar-refractivity contribution < 1.29 is 14.7 Å². The van der Waals surface area contributed by atoms with Crippen molar-refractivity contribution in [3.63, 3.8) is 0 Å². The molecular formula is C26H50N2O3. The molecule has 0 radical (unpaired) electrons. The maximum Gasteiger partial charge on any atom is 0.320 e. The van der Waals surface area contributed by atoms with Crippen LogP contribution < -0.4 is 11.1 Å². The average molecular weight is 439 g/mol. The first-order valence-corrected chi connectivity index (χ1v) is 13.0. The molecule has 0 saturated heterocycles. The van der Waals surface area contributed by atoms with Gasteiger partial charge in [0.15, 0.2) is 0 Å². The lowest BCUT2D eigenvalue weighted by Crippen LogP contribution is -2.30. The zero-order valence-electron chi connectivity index (χ0n) is 20.2. The van der Waals surface area contributed by atoms with Crippen LogP contribution in [-0.4, -0.2) is 29.6 Å². The molecule has 0 aliphatic heterocycles. The Morgan fingerprint density at radius 3 is 1.84 bits per heavy atom. The van der Waals surface area contributed by atoms with Crippen molar-refractivity contribution in [2.45, 2.75) is 135 Å². The van der Waals surface area contributed by atoms with E-state index in [1.807, 2.05) is 0 Å². The maximum absolute atomic E-state index is 11.7. The quantitative estimate of drug-likeness (QED) is 0.125. The van der Waals surface area contributed by atoms with Gasteiger partial charge in [-0.3, -0.25) is 9.59 Å². The summed E-state index contributed by atoms with van der Waals surface area (Å²) in [6.07, 6.45) is 26.6. The van der Waals surface area contributed by atoms with E-state index in [1.54, 1.807) is 0 Å². The topological polar surface area (TPSA) is 92.4 Å². The number of nitrogens with two attached hydrogens (primary N) is 1. The van der Waals surface area contributed by atoms with Crippen molar-refractivity contribution in [3.8, 4) is 0 Å². The van der Waals surface area contributed by atoms with Crippen LogP contribution in [0.4, 0.5) is 0 Å². The summed E-state index contributed by atoms with van der Waals surface area (Å²) in [5.41, 5.74) is 5.44. The normalized spacial score (nSPS) is 12.3. The van der Waals surface area contributed by atoms with Gasteiger partial charge in [-0.2, -0.15) is 0 Å². The Morgan fingerprint density at radius 1 is 0.774 bits per heavy atom. The monoisotopic (exact) mass is 438 g/mol. The van der Waals surface area contributed by atoms with Crippen molar-refractivity contribution in [1.82, 2.24) is 5.32 Å². The van der Waals surface area contributed by atoms with E-state index in [9.17, 15) is 9.59 Å². The molecule has 0 aromatic carbocycles. The summed E-state index contributed by atoms with van der Waals surface area (Å²) >= 11 is 0. The first-order chi connectivity index (χ1) is 15.1. The minimum absolute atomic E-state index is 0.0631. The highest BCUT2D eigenvalue weighted by atomic mass is 16.4. The highest BCUT2D eigenvalue weighted by Crippen LogP contribution is 2.13. The third-order valence-corrected chi connectivity index (χ3v) is 5.76. The second-order valence-electron chi connectivity index (χ2n) is 8.83. The number of rotatable bonds is 23. The predicted octanol–water partition coefficient (Wildman–Crippen LogP) is 6.50. The zero-order chi connectivity index (χ0) is 23.0. The fraction of sp³-hybridized carbons (Fsp3) is 0.846. The van der Waals surface area contributed by atoms with Gasteiger partial charge in [-0.25, -0.2) is 0 Å². The standard InChI is InChI=1S/C26H50N2O3/c1-2-3-4-5-6-7-8-9-10-11-12-13-14-15-16-17-18-22-25(29)28-23-20-19-21-24(27)26(30)31/h16-17,24H,2-15,18-23,27H2,1H3,(H,28,29)(H,30,31)/b17-16+/t24-/m0/s1. The number of aliphatic carboxylic acids is 1. The largest absolute Gasteiger partial charge is 0.480 e. The molecule has 0 bridgehead atoms. The fourth-order valence-electron chi connectivity index (χ4n) is 3.66. The second-order valence-corrected chi connectivity index (χ2v) is 8.83. The molecule has 0 aromatic rings. The van der Waals surface area contributed by atoms with Crippen molar-refractivity contribution in [3.05, 3.63) is 12.2 Å². The Hall–Kier alpha value is -1.36. The smallest absolute Gasteiger partial charge is 0.320 e. The summed E-state index contributed by atoms with van der Waals surface area (Å²) in [5, 5.41) is 11.6. The van der Waals surface area contributed by atoms with Crippen LogP contribution >= 0.6 is 0 Å². The van der Waals surface area contributed by atoms with E-state index in [-0.39, 0.29) is 5.91 Å². The number of carbonyl (C=O) groups is 2. The van der Waals surface area contributed by atoms with Crippen LogP contribution in [0, 0.1) is 0 Å². The molecule has 0 aliphatic carbocycles. The van der Waals surface area contributed by atoms with E-state index in [1.165, 1.54) is 83.5 Å². The molecule has 0 aliphatic rings. The van der Waals surface area contributed by atoms with Crippen LogP contribution in [0.15, 0.2) is 12.2 Å². The number of carboxylic acid groups (broad SMARTS) is 1. The maximum atomic E-state index is 11.7. The Morgan fingerprint density at radius 2 is 1.29 bits per heavy atom. The molecule has 0 heterocycles. The molecule has 4 N–H and O–H groups in total. The van der Waals surface area contributed by atoms with Crippen LogP contribution in [0.5, 0.6) is 0 Å². The lowest BCUT2D eigenvalue weighted by molar-refractivity contribution is -0.138. The molecule has 5 heteroatoms. The number of hydrogen-bond acceptors (Lipinski definition) is 3. The summed E-state index contributed by atoms with van der Waals surface area (Å²) in [6.45, 7) is 2.86. The minimum atomic E-state index is -0.963. The summed E-state index contributed by atoms with van der Waals surface area (Å²) in [6, 6.07) is -0.796. The lowest BCUT2D eigenvalue weighted by Gasteiger charge is -2.06. The second kappa shape index (κ2) is 23.3. The Balaban J connectivity index is 3.28. The zero-order valence-corrected chi connectivity index (χ0v) is 20.2. The number of unbranched alkanes of at least 4 members (excludes halogenated alkanes) is 14. The first-order valence-electron chi connectivity index (χ1n) is 13.0. The lowest BCUT2D eigenvalue weighted by atomic mass is 10.0. The number of allylic oxidation sites excluding steroid dienone is 2. The molecule has 0 rings (SSSR count). The van der Waals surface area contributed by atoms with Gasteiger partial charge in [0.25, 0.3) is 0 Å². The molecule has 5 nitrogen and oxygen atoms in total. The van der Waals surface area contributed by atoms with Crippen LogP contribution in [0.2, 0.25) is 0 Å². The molecule has 0 spiro atoms. The van der Waals surface area contributed by atoms with Gasteiger partial charge in [-0.1, -0.05) is 96.1 Å². The Bertz CT molecular complexity index is 452. The summed E-state index contributed by atoms with van der Waals surface area (Å²) in [5.74, 6) is -0.900. The number of hydrogen-bond donors (Lipinski definition) is 3. The van der Waals surface area contributed by atoms with Gasteiger partial charge in [-0.15, -0.1) is 0 Å². The number of amides is 1. The van der Waals surface area contributed by atoms with Crippen molar-refractivity contribution >= 4 is 11.9 Å². The number of nitrogens with one attached hydrogen (secondary N) is 1. The molecule has 1 atom stereocenters. The predicted molar refractivity (Wildman–Crippen MR) is 131 cm³/mol. The van der Waals surface area contributed by atoms with Crippen molar-refractivity contribution in [2.24, 2.45) is 5.73 Å². The van der Waals surface area contributed by atoms with E-state index >= 15 is 0 Å². The molecule has 0 aromatic heterocycles. The van der Waals surface area contributed by atoms with Gasteiger partial charge in [0.05, 0.1) is 0 Å². The van der Waals surface area contributed by atoms with Gasteiger partial charge in [0.1, 0.15) is 6.04 Å². The highest BCUT2D eigenvalue weighted by Gasteiger charge is 2.10. The third kappa shape index (κ3) is 23.1. The Kier molecular flexibility index (Phi) is 22.3.